The fourth-order valence-electron chi connectivity index (χ4n) is 3.00. The normalized spacial score (nSPS) is 15.6. The first-order valence-corrected chi connectivity index (χ1v) is 10.4. The van der Waals surface area contributed by atoms with Crippen LogP contribution in [-0.4, -0.2) is 31.7 Å². The molecule has 0 aromatic heterocycles. The number of sulfonamides is 1. The maximum atomic E-state index is 12.6. The van der Waals surface area contributed by atoms with E-state index in [0.29, 0.717) is 23.8 Å². The van der Waals surface area contributed by atoms with Gasteiger partial charge < -0.3 is 5.32 Å². The number of rotatable bonds is 5. The van der Waals surface area contributed by atoms with Gasteiger partial charge >= 0.3 is 0 Å². The zero-order chi connectivity index (χ0) is 18.6. The predicted molar refractivity (Wildman–Crippen MR) is 103 cm³/mol. The second kappa shape index (κ2) is 8.20. The standard InChI is InChI=1S/C19H21ClN2O3S/c20-16-6-4-5-15(13-16)14-19(23)21-17-7-9-18(10-8-17)26(24,25)22-11-2-1-3-12-22/h4-10,13H,1-3,11-12,14H2,(H,21,23). The highest BCUT2D eigenvalue weighted by molar-refractivity contribution is 7.89. The van der Waals surface area contributed by atoms with E-state index >= 15 is 0 Å². The smallest absolute Gasteiger partial charge is 0.243 e. The number of carbonyl (C=O) groups is 1. The molecule has 1 heterocycles. The first-order chi connectivity index (χ1) is 12.4. The Bertz CT molecular complexity index is 876. The van der Waals surface area contributed by atoms with E-state index in [2.05, 4.69) is 5.32 Å². The lowest BCUT2D eigenvalue weighted by atomic mass is 10.1. The van der Waals surface area contributed by atoms with Gasteiger partial charge in [-0.2, -0.15) is 4.31 Å². The van der Waals surface area contributed by atoms with Crippen LogP contribution in [0.2, 0.25) is 5.02 Å². The number of piperidine rings is 1. The van der Waals surface area contributed by atoms with Gasteiger partial charge in [0.1, 0.15) is 0 Å². The fraction of sp³-hybridized carbons (Fsp3) is 0.316. The summed E-state index contributed by atoms with van der Waals surface area (Å²) >= 11 is 5.92. The second-order valence-corrected chi connectivity index (χ2v) is 8.72. The van der Waals surface area contributed by atoms with Crippen LogP contribution in [0.25, 0.3) is 0 Å². The molecule has 0 aliphatic carbocycles. The molecular formula is C19H21ClN2O3S. The molecule has 1 aliphatic heterocycles. The van der Waals surface area contributed by atoms with Crippen LogP contribution in [0.15, 0.2) is 53.4 Å². The Morgan fingerprint density at radius 2 is 1.73 bits per heavy atom. The first kappa shape index (κ1) is 18.9. The van der Waals surface area contributed by atoms with Crippen LogP contribution in [0.5, 0.6) is 0 Å². The molecule has 0 unspecified atom stereocenters. The summed E-state index contributed by atoms with van der Waals surface area (Å²) in [5, 5.41) is 3.36. The number of benzene rings is 2. The van der Waals surface area contributed by atoms with Crippen molar-refractivity contribution in [3.8, 4) is 0 Å². The summed E-state index contributed by atoms with van der Waals surface area (Å²) in [5.74, 6) is -0.182. The van der Waals surface area contributed by atoms with E-state index in [1.165, 1.54) is 4.31 Å². The first-order valence-electron chi connectivity index (χ1n) is 8.60. The number of nitrogens with one attached hydrogen (secondary N) is 1. The van der Waals surface area contributed by atoms with Crippen LogP contribution >= 0.6 is 11.6 Å². The summed E-state index contributed by atoms with van der Waals surface area (Å²) in [4.78, 5) is 12.4. The summed E-state index contributed by atoms with van der Waals surface area (Å²) in [6, 6.07) is 13.4. The largest absolute Gasteiger partial charge is 0.326 e. The number of nitrogens with zero attached hydrogens (tertiary/aromatic N) is 1. The maximum Gasteiger partial charge on any atom is 0.243 e. The molecule has 138 valence electrons. The SMILES string of the molecule is O=C(Cc1cccc(Cl)c1)Nc1ccc(S(=O)(=O)N2CCCCC2)cc1. The molecule has 2 aromatic rings. The Labute approximate surface area is 159 Å². The number of halogens is 1. The van der Waals surface area contributed by atoms with Crippen molar-refractivity contribution in [1.29, 1.82) is 0 Å². The van der Waals surface area contributed by atoms with Crippen molar-refractivity contribution >= 4 is 33.2 Å². The van der Waals surface area contributed by atoms with E-state index in [1.807, 2.05) is 6.07 Å². The van der Waals surface area contributed by atoms with Gasteiger partial charge in [-0.25, -0.2) is 8.42 Å². The molecule has 0 bridgehead atoms. The number of hydrogen-bond acceptors (Lipinski definition) is 3. The van der Waals surface area contributed by atoms with Gasteiger partial charge in [-0.15, -0.1) is 0 Å². The van der Waals surface area contributed by atoms with E-state index in [1.54, 1.807) is 42.5 Å². The third-order valence-corrected chi connectivity index (χ3v) is 6.49. The third kappa shape index (κ3) is 4.63. The van der Waals surface area contributed by atoms with E-state index < -0.39 is 10.0 Å². The van der Waals surface area contributed by atoms with Crippen molar-refractivity contribution in [1.82, 2.24) is 4.31 Å². The van der Waals surface area contributed by atoms with E-state index in [0.717, 1.165) is 24.8 Å². The van der Waals surface area contributed by atoms with Crippen LogP contribution in [0.4, 0.5) is 5.69 Å². The molecule has 5 nitrogen and oxygen atoms in total. The summed E-state index contributed by atoms with van der Waals surface area (Å²) in [5.41, 5.74) is 1.38. The van der Waals surface area contributed by atoms with Crippen molar-refractivity contribution in [3.63, 3.8) is 0 Å². The van der Waals surface area contributed by atoms with E-state index in [-0.39, 0.29) is 17.2 Å². The molecule has 3 rings (SSSR count). The minimum Gasteiger partial charge on any atom is -0.326 e. The van der Waals surface area contributed by atoms with Crippen molar-refractivity contribution in [2.45, 2.75) is 30.6 Å². The lowest BCUT2D eigenvalue weighted by molar-refractivity contribution is -0.115. The lowest BCUT2D eigenvalue weighted by Crippen LogP contribution is -2.35. The highest BCUT2D eigenvalue weighted by Gasteiger charge is 2.25. The topological polar surface area (TPSA) is 66.5 Å². The summed E-state index contributed by atoms with van der Waals surface area (Å²) < 4.78 is 26.8. The van der Waals surface area contributed by atoms with E-state index in [9.17, 15) is 13.2 Å². The Morgan fingerprint density at radius 1 is 1.04 bits per heavy atom. The number of carbonyl (C=O) groups excluding carboxylic acids is 1. The quantitative estimate of drug-likeness (QED) is 0.843. The maximum absolute atomic E-state index is 12.6. The van der Waals surface area contributed by atoms with Gasteiger partial charge in [0.25, 0.3) is 0 Å². The molecule has 1 amide bonds. The van der Waals surface area contributed by atoms with Crippen LogP contribution < -0.4 is 5.32 Å². The molecule has 1 aliphatic rings. The Morgan fingerprint density at radius 3 is 2.38 bits per heavy atom. The van der Waals surface area contributed by atoms with E-state index in [4.69, 9.17) is 11.6 Å². The van der Waals surface area contributed by atoms with Crippen LogP contribution in [0.1, 0.15) is 24.8 Å². The second-order valence-electron chi connectivity index (χ2n) is 6.34. The van der Waals surface area contributed by atoms with Crippen molar-refractivity contribution in [2.24, 2.45) is 0 Å². The molecule has 2 aromatic carbocycles. The molecule has 0 saturated carbocycles. The predicted octanol–water partition coefficient (Wildman–Crippen LogP) is 3.70. The number of hydrogen-bond donors (Lipinski definition) is 1. The summed E-state index contributed by atoms with van der Waals surface area (Å²) in [6.45, 7) is 1.14. The molecule has 0 atom stereocenters. The minimum absolute atomic E-state index is 0.182. The average Bonchev–Trinajstić information content (AvgIpc) is 2.63. The zero-order valence-electron chi connectivity index (χ0n) is 14.3. The van der Waals surface area contributed by atoms with Crippen molar-refractivity contribution in [2.75, 3.05) is 18.4 Å². The van der Waals surface area contributed by atoms with Crippen LogP contribution in [0, 0.1) is 0 Å². The molecule has 1 N–H and O–H groups in total. The zero-order valence-corrected chi connectivity index (χ0v) is 15.9. The summed E-state index contributed by atoms with van der Waals surface area (Å²) in [6.07, 6.45) is 3.08. The Kier molecular flexibility index (Phi) is 5.96. The van der Waals surface area contributed by atoms with Crippen molar-refractivity contribution < 1.29 is 13.2 Å². The van der Waals surface area contributed by atoms with Crippen LogP contribution in [-0.2, 0) is 21.2 Å². The average molecular weight is 393 g/mol. The highest BCUT2D eigenvalue weighted by atomic mass is 35.5. The Hall–Kier alpha value is -1.89. The van der Waals surface area contributed by atoms with Crippen molar-refractivity contribution in [3.05, 3.63) is 59.1 Å². The Balaban J connectivity index is 1.64. The molecule has 26 heavy (non-hydrogen) atoms. The number of amides is 1. The van der Waals surface area contributed by atoms with Gasteiger partial charge in [0, 0.05) is 23.8 Å². The molecule has 1 saturated heterocycles. The number of anilines is 1. The molecule has 1 fully saturated rings. The third-order valence-electron chi connectivity index (χ3n) is 4.34. The van der Waals surface area contributed by atoms with Gasteiger partial charge in [0.2, 0.25) is 15.9 Å². The van der Waals surface area contributed by atoms with Gasteiger partial charge in [0.15, 0.2) is 0 Å². The van der Waals surface area contributed by atoms with Gasteiger partial charge in [-0.3, -0.25) is 4.79 Å². The van der Waals surface area contributed by atoms with Gasteiger partial charge in [0.05, 0.1) is 11.3 Å². The van der Waals surface area contributed by atoms with Crippen LogP contribution in [0.3, 0.4) is 0 Å². The summed E-state index contributed by atoms with van der Waals surface area (Å²) in [7, 11) is -3.45. The molecular weight excluding hydrogens is 372 g/mol. The molecule has 0 radical (unpaired) electrons. The van der Waals surface area contributed by atoms with Gasteiger partial charge in [-0.1, -0.05) is 30.2 Å². The molecule has 0 spiro atoms. The minimum atomic E-state index is -3.45. The molecule has 7 heteroatoms. The highest BCUT2D eigenvalue weighted by Crippen LogP contribution is 2.22. The fourth-order valence-corrected chi connectivity index (χ4v) is 4.73. The lowest BCUT2D eigenvalue weighted by Gasteiger charge is -2.25. The van der Waals surface area contributed by atoms with Gasteiger partial charge in [-0.05, 0) is 54.8 Å². The monoisotopic (exact) mass is 392 g/mol.